The van der Waals surface area contributed by atoms with Crippen molar-refractivity contribution >= 4 is 11.6 Å². The lowest BCUT2D eigenvalue weighted by Gasteiger charge is -2.22. The fourth-order valence-electron chi connectivity index (χ4n) is 2.25. The zero-order valence-electron chi connectivity index (χ0n) is 10.9. The number of phenols is 1. The molecule has 0 aliphatic carbocycles. The SMILES string of the molecule is Cc1cc(NC(=O)[C@@H]2CCCNC2)c(C)cc1O. The molecular formula is C14H20N2O2. The summed E-state index contributed by atoms with van der Waals surface area (Å²) >= 11 is 0. The number of piperidine rings is 1. The van der Waals surface area contributed by atoms with Gasteiger partial charge in [0.15, 0.2) is 0 Å². The topological polar surface area (TPSA) is 61.4 Å². The molecule has 4 heteroatoms. The number of hydrogen-bond acceptors (Lipinski definition) is 3. The smallest absolute Gasteiger partial charge is 0.228 e. The van der Waals surface area contributed by atoms with Gasteiger partial charge in [-0.25, -0.2) is 0 Å². The fourth-order valence-corrected chi connectivity index (χ4v) is 2.25. The van der Waals surface area contributed by atoms with Crippen LogP contribution < -0.4 is 10.6 Å². The van der Waals surface area contributed by atoms with Crippen molar-refractivity contribution in [1.82, 2.24) is 5.32 Å². The lowest BCUT2D eigenvalue weighted by atomic mass is 9.98. The van der Waals surface area contributed by atoms with Gasteiger partial charge < -0.3 is 15.7 Å². The molecule has 98 valence electrons. The molecule has 0 radical (unpaired) electrons. The first kappa shape index (κ1) is 12.9. The van der Waals surface area contributed by atoms with Crippen LogP contribution in [0.5, 0.6) is 5.75 Å². The fraction of sp³-hybridized carbons (Fsp3) is 0.500. The van der Waals surface area contributed by atoms with E-state index in [0.717, 1.165) is 42.7 Å². The summed E-state index contributed by atoms with van der Waals surface area (Å²) < 4.78 is 0. The predicted molar refractivity (Wildman–Crippen MR) is 71.8 cm³/mol. The van der Waals surface area contributed by atoms with Crippen LogP contribution in [0.3, 0.4) is 0 Å². The second kappa shape index (κ2) is 5.40. The number of amides is 1. The van der Waals surface area contributed by atoms with E-state index in [1.807, 2.05) is 19.9 Å². The number of aromatic hydroxyl groups is 1. The van der Waals surface area contributed by atoms with Crippen molar-refractivity contribution in [2.75, 3.05) is 18.4 Å². The minimum atomic E-state index is 0.0484. The van der Waals surface area contributed by atoms with Crippen molar-refractivity contribution in [2.45, 2.75) is 26.7 Å². The first-order valence-corrected chi connectivity index (χ1v) is 6.39. The van der Waals surface area contributed by atoms with Crippen LogP contribution in [0, 0.1) is 19.8 Å². The van der Waals surface area contributed by atoms with E-state index in [4.69, 9.17) is 0 Å². The number of hydrogen-bond donors (Lipinski definition) is 3. The van der Waals surface area contributed by atoms with E-state index in [9.17, 15) is 9.90 Å². The zero-order valence-corrected chi connectivity index (χ0v) is 10.9. The largest absolute Gasteiger partial charge is 0.508 e. The molecule has 1 fully saturated rings. The summed E-state index contributed by atoms with van der Waals surface area (Å²) in [5, 5.41) is 15.8. The number of benzene rings is 1. The van der Waals surface area contributed by atoms with Crippen molar-refractivity contribution < 1.29 is 9.90 Å². The van der Waals surface area contributed by atoms with Gasteiger partial charge in [-0.2, -0.15) is 0 Å². The molecule has 1 aliphatic rings. The monoisotopic (exact) mass is 248 g/mol. The van der Waals surface area contributed by atoms with E-state index in [1.165, 1.54) is 0 Å². The molecule has 4 nitrogen and oxygen atoms in total. The quantitative estimate of drug-likeness (QED) is 0.701. The number of carbonyl (C=O) groups excluding carboxylic acids is 1. The van der Waals surface area contributed by atoms with E-state index in [0.29, 0.717) is 0 Å². The van der Waals surface area contributed by atoms with E-state index in [-0.39, 0.29) is 17.6 Å². The third-order valence-electron chi connectivity index (χ3n) is 3.47. The van der Waals surface area contributed by atoms with Crippen LogP contribution in [0.2, 0.25) is 0 Å². The molecule has 0 bridgehead atoms. The first-order valence-electron chi connectivity index (χ1n) is 6.39. The third kappa shape index (κ3) is 2.82. The van der Waals surface area contributed by atoms with Gasteiger partial charge in [-0.15, -0.1) is 0 Å². The Hall–Kier alpha value is -1.55. The Morgan fingerprint density at radius 2 is 2.17 bits per heavy atom. The maximum Gasteiger partial charge on any atom is 0.228 e. The van der Waals surface area contributed by atoms with Crippen LogP contribution in [0.4, 0.5) is 5.69 Å². The molecule has 3 N–H and O–H groups in total. The van der Waals surface area contributed by atoms with Gasteiger partial charge in [-0.1, -0.05) is 0 Å². The summed E-state index contributed by atoms with van der Waals surface area (Å²) in [5.41, 5.74) is 2.45. The molecule has 2 rings (SSSR count). The maximum absolute atomic E-state index is 12.1. The Bertz CT molecular complexity index is 451. The molecule has 1 amide bonds. The Morgan fingerprint density at radius 1 is 1.39 bits per heavy atom. The summed E-state index contributed by atoms with van der Waals surface area (Å²) in [4.78, 5) is 12.1. The highest BCUT2D eigenvalue weighted by Crippen LogP contribution is 2.25. The van der Waals surface area contributed by atoms with Gasteiger partial charge >= 0.3 is 0 Å². The second-order valence-electron chi connectivity index (χ2n) is 4.99. The van der Waals surface area contributed by atoms with Crippen molar-refractivity contribution in [3.63, 3.8) is 0 Å². The number of carbonyl (C=O) groups is 1. The average molecular weight is 248 g/mol. The maximum atomic E-state index is 12.1. The van der Waals surface area contributed by atoms with E-state index >= 15 is 0 Å². The molecule has 0 unspecified atom stereocenters. The number of aryl methyl sites for hydroxylation is 2. The lowest BCUT2D eigenvalue weighted by molar-refractivity contribution is -0.120. The molecule has 1 saturated heterocycles. The van der Waals surface area contributed by atoms with E-state index < -0.39 is 0 Å². The van der Waals surface area contributed by atoms with Gasteiger partial charge in [0.2, 0.25) is 5.91 Å². The molecule has 18 heavy (non-hydrogen) atoms. The standard InChI is InChI=1S/C14H20N2O2/c1-9-7-13(17)10(2)6-12(9)16-14(18)11-4-3-5-15-8-11/h6-7,11,15,17H,3-5,8H2,1-2H3,(H,16,18)/t11-/m1/s1. The van der Waals surface area contributed by atoms with Gasteiger partial charge in [-0.05, 0) is 56.5 Å². The molecule has 1 atom stereocenters. The van der Waals surface area contributed by atoms with Crippen molar-refractivity contribution in [1.29, 1.82) is 0 Å². The number of rotatable bonds is 2. The second-order valence-corrected chi connectivity index (χ2v) is 4.99. The van der Waals surface area contributed by atoms with Crippen molar-refractivity contribution in [3.05, 3.63) is 23.3 Å². The third-order valence-corrected chi connectivity index (χ3v) is 3.47. The van der Waals surface area contributed by atoms with Gasteiger partial charge in [-0.3, -0.25) is 4.79 Å². The van der Waals surface area contributed by atoms with Crippen LogP contribution in [0.25, 0.3) is 0 Å². The molecule has 1 aromatic carbocycles. The van der Waals surface area contributed by atoms with E-state index in [2.05, 4.69) is 10.6 Å². The van der Waals surface area contributed by atoms with Gasteiger partial charge in [0.25, 0.3) is 0 Å². The van der Waals surface area contributed by atoms with Crippen molar-refractivity contribution in [2.24, 2.45) is 5.92 Å². The highest BCUT2D eigenvalue weighted by atomic mass is 16.3. The summed E-state index contributed by atoms with van der Waals surface area (Å²) in [5.74, 6) is 0.382. The number of nitrogens with one attached hydrogen (secondary N) is 2. The highest BCUT2D eigenvalue weighted by molar-refractivity contribution is 5.93. The molecule has 0 aromatic heterocycles. The lowest BCUT2D eigenvalue weighted by Crippen LogP contribution is -2.37. The normalized spacial score (nSPS) is 19.6. The minimum Gasteiger partial charge on any atom is -0.508 e. The Labute approximate surface area is 107 Å². The summed E-state index contributed by atoms with van der Waals surface area (Å²) in [6.07, 6.45) is 1.99. The molecule has 1 aliphatic heterocycles. The first-order chi connectivity index (χ1) is 8.58. The molecule has 0 spiro atoms. The number of anilines is 1. The van der Waals surface area contributed by atoms with Crippen LogP contribution in [-0.4, -0.2) is 24.1 Å². The Balaban J connectivity index is 2.08. The molecule has 1 heterocycles. The Morgan fingerprint density at radius 3 is 2.83 bits per heavy atom. The summed E-state index contributed by atoms with van der Waals surface area (Å²) in [6, 6.07) is 3.50. The zero-order chi connectivity index (χ0) is 13.1. The summed E-state index contributed by atoms with van der Waals surface area (Å²) in [7, 11) is 0. The average Bonchev–Trinajstić information content (AvgIpc) is 2.37. The van der Waals surface area contributed by atoms with Crippen molar-refractivity contribution in [3.8, 4) is 5.75 Å². The van der Waals surface area contributed by atoms with Crippen LogP contribution in [-0.2, 0) is 4.79 Å². The van der Waals surface area contributed by atoms with Crippen LogP contribution >= 0.6 is 0 Å². The van der Waals surface area contributed by atoms with Gasteiger partial charge in [0, 0.05) is 12.2 Å². The van der Waals surface area contributed by atoms with Crippen LogP contribution in [0.15, 0.2) is 12.1 Å². The van der Waals surface area contributed by atoms with Gasteiger partial charge in [0.1, 0.15) is 5.75 Å². The highest BCUT2D eigenvalue weighted by Gasteiger charge is 2.21. The van der Waals surface area contributed by atoms with E-state index in [1.54, 1.807) is 6.07 Å². The molecule has 1 aromatic rings. The summed E-state index contributed by atoms with van der Waals surface area (Å²) in [6.45, 7) is 5.46. The van der Waals surface area contributed by atoms with Gasteiger partial charge in [0.05, 0.1) is 5.92 Å². The minimum absolute atomic E-state index is 0.0484. The Kier molecular flexibility index (Phi) is 3.87. The predicted octanol–water partition coefficient (Wildman–Crippen LogP) is 1.95. The molecular weight excluding hydrogens is 228 g/mol. The molecule has 0 saturated carbocycles. The number of phenolic OH excluding ortho intramolecular Hbond substituents is 1. The van der Waals surface area contributed by atoms with Crippen LogP contribution in [0.1, 0.15) is 24.0 Å².